The van der Waals surface area contributed by atoms with Crippen molar-refractivity contribution < 1.29 is 0 Å². The van der Waals surface area contributed by atoms with Gasteiger partial charge in [-0.3, -0.25) is 0 Å². The van der Waals surface area contributed by atoms with Gasteiger partial charge in [-0.2, -0.15) is 0 Å². The topological polar surface area (TPSA) is 41.0 Å². The molecule has 2 aliphatic rings. The minimum atomic E-state index is 0.300. The summed E-state index contributed by atoms with van der Waals surface area (Å²) >= 11 is 0. The third-order valence-corrected chi connectivity index (χ3v) is 3.91. The Morgan fingerprint density at radius 1 is 1.41 bits per heavy atom. The molecule has 1 aliphatic carbocycles. The van der Waals surface area contributed by atoms with Gasteiger partial charge in [0.25, 0.3) is 0 Å². The van der Waals surface area contributed by atoms with Crippen molar-refractivity contribution in [1.29, 1.82) is 0 Å². The maximum Gasteiger partial charge on any atom is 0.146 e. The highest BCUT2D eigenvalue weighted by Gasteiger charge is 2.24. The Morgan fingerprint density at radius 2 is 2.29 bits per heavy atom. The van der Waals surface area contributed by atoms with Crippen LogP contribution in [0.4, 0.5) is 0 Å². The molecule has 2 fully saturated rings. The molecule has 0 amide bonds. The molecule has 1 aliphatic heterocycles. The fourth-order valence-corrected chi connectivity index (χ4v) is 2.56. The second kappa shape index (κ2) is 4.70. The summed E-state index contributed by atoms with van der Waals surface area (Å²) in [5, 5.41) is 3.50. The first-order valence-corrected chi connectivity index (χ1v) is 6.58. The average molecular weight is 232 g/mol. The number of hydrogen-bond donors (Lipinski definition) is 1. The van der Waals surface area contributed by atoms with E-state index in [1.54, 1.807) is 0 Å². The van der Waals surface area contributed by atoms with Gasteiger partial charge in [-0.1, -0.05) is 6.42 Å². The molecule has 1 atom stereocenters. The van der Waals surface area contributed by atoms with E-state index in [9.17, 15) is 0 Å². The second-order valence-corrected chi connectivity index (χ2v) is 5.24. The van der Waals surface area contributed by atoms with Gasteiger partial charge in [0.1, 0.15) is 5.82 Å². The maximum absolute atomic E-state index is 4.75. The van der Waals surface area contributed by atoms with E-state index in [4.69, 9.17) is 4.98 Å². The quantitative estimate of drug-likeness (QED) is 0.835. The molecule has 1 aromatic rings. The Bertz CT molecular complexity index is 389. The lowest BCUT2D eigenvalue weighted by Crippen LogP contribution is -2.44. The molecule has 0 bridgehead atoms. The van der Waals surface area contributed by atoms with Crippen LogP contribution in [0.1, 0.15) is 42.7 Å². The van der Waals surface area contributed by atoms with Crippen molar-refractivity contribution >= 4 is 0 Å². The zero-order valence-corrected chi connectivity index (χ0v) is 10.4. The van der Waals surface area contributed by atoms with Gasteiger partial charge in [0.05, 0.1) is 6.04 Å². The van der Waals surface area contributed by atoms with Crippen LogP contribution < -0.4 is 5.32 Å². The predicted molar refractivity (Wildman–Crippen MR) is 66.9 cm³/mol. The second-order valence-electron chi connectivity index (χ2n) is 5.24. The standard InChI is InChI=1S/C13H20N4/c1-17-8-7-14-12(9-17)13-15-6-5-11(16-13)10-3-2-4-10/h5-6,10,12,14H,2-4,7-9H2,1H3. The largest absolute Gasteiger partial charge is 0.305 e. The van der Waals surface area contributed by atoms with Crippen LogP contribution in [0, 0.1) is 0 Å². The first kappa shape index (κ1) is 11.1. The first-order valence-electron chi connectivity index (χ1n) is 6.58. The molecule has 1 unspecified atom stereocenters. The van der Waals surface area contributed by atoms with Crippen molar-refractivity contribution in [3.05, 3.63) is 23.8 Å². The maximum atomic E-state index is 4.75. The van der Waals surface area contributed by atoms with Crippen LogP contribution in [0.2, 0.25) is 0 Å². The van der Waals surface area contributed by atoms with Crippen LogP contribution in [0.5, 0.6) is 0 Å². The van der Waals surface area contributed by atoms with Crippen LogP contribution >= 0.6 is 0 Å². The highest BCUT2D eigenvalue weighted by Crippen LogP contribution is 2.35. The van der Waals surface area contributed by atoms with Gasteiger partial charge in [-0.25, -0.2) is 9.97 Å². The Kier molecular flexibility index (Phi) is 3.07. The van der Waals surface area contributed by atoms with E-state index in [1.807, 2.05) is 6.20 Å². The van der Waals surface area contributed by atoms with E-state index in [0.29, 0.717) is 12.0 Å². The van der Waals surface area contributed by atoms with Crippen molar-refractivity contribution in [3.8, 4) is 0 Å². The number of hydrogen-bond acceptors (Lipinski definition) is 4. The summed E-state index contributed by atoms with van der Waals surface area (Å²) in [6.45, 7) is 3.14. The molecule has 2 heterocycles. The van der Waals surface area contributed by atoms with Gasteiger partial charge in [-0.05, 0) is 26.0 Å². The average Bonchev–Trinajstić information content (AvgIpc) is 2.27. The summed E-state index contributed by atoms with van der Waals surface area (Å²) in [5.74, 6) is 1.67. The number of nitrogens with one attached hydrogen (secondary N) is 1. The fourth-order valence-electron chi connectivity index (χ4n) is 2.56. The summed E-state index contributed by atoms with van der Waals surface area (Å²) in [5.41, 5.74) is 1.25. The zero-order chi connectivity index (χ0) is 11.7. The van der Waals surface area contributed by atoms with Crippen LogP contribution in [0.25, 0.3) is 0 Å². The molecule has 1 N–H and O–H groups in total. The van der Waals surface area contributed by atoms with Gasteiger partial charge in [0.2, 0.25) is 0 Å². The van der Waals surface area contributed by atoms with Gasteiger partial charge in [-0.15, -0.1) is 0 Å². The summed E-state index contributed by atoms with van der Waals surface area (Å²) in [6.07, 6.45) is 5.88. The normalized spacial score (nSPS) is 26.8. The van der Waals surface area contributed by atoms with Crippen molar-refractivity contribution in [2.24, 2.45) is 0 Å². The molecular weight excluding hydrogens is 212 g/mol. The Labute approximate surface area is 102 Å². The highest BCUT2D eigenvalue weighted by molar-refractivity contribution is 5.13. The minimum Gasteiger partial charge on any atom is -0.305 e. The summed E-state index contributed by atoms with van der Waals surface area (Å²) < 4.78 is 0. The predicted octanol–water partition coefficient (Wildman–Crippen LogP) is 1.32. The Hall–Kier alpha value is -1.00. The van der Waals surface area contributed by atoms with E-state index in [1.165, 1.54) is 25.0 Å². The lowest BCUT2D eigenvalue weighted by Gasteiger charge is -2.31. The molecule has 3 rings (SSSR count). The van der Waals surface area contributed by atoms with Gasteiger partial charge >= 0.3 is 0 Å². The van der Waals surface area contributed by atoms with Gasteiger partial charge in [0.15, 0.2) is 0 Å². The molecule has 17 heavy (non-hydrogen) atoms. The summed E-state index contributed by atoms with van der Waals surface area (Å²) in [7, 11) is 2.16. The molecule has 1 saturated heterocycles. The molecule has 4 nitrogen and oxygen atoms in total. The lowest BCUT2D eigenvalue weighted by atomic mass is 9.83. The van der Waals surface area contributed by atoms with E-state index < -0.39 is 0 Å². The molecule has 0 spiro atoms. The number of likely N-dealkylation sites (N-methyl/N-ethyl adjacent to an activating group) is 1. The van der Waals surface area contributed by atoms with Gasteiger partial charge in [0, 0.05) is 37.4 Å². The highest BCUT2D eigenvalue weighted by atomic mass is 15.2. The van der Waals surface area contributed by atoms with Crippen LogP contribution in [0.3, 0.4) is 0 Å². The van der Waals surface area contributed by atoms with Crippen LogP contribution in [-0.4, -0.2) is 41.5 Å². The van der Waals surface area contributed by atoms with Crippen LogP contribution in [0.15, 0.2) is 12.3 Å². The SMILES string of the molecule is CN1CCNC(c2nccc(C3CCC3)n2)C1. The smallest absolute Gasteiger partial charge is 0.146 e. The number of nitrogens with zero attached hydrogens (tertiary/aromatic N) is 3. The van der Waals surface area contributed by atoms with E-state index in [2.05, 4.69) is 28.3 Å². The molecule has 4 heteroatoms. The van der Waals surface area contributed by atoms with E-state index in [-0.39, 0.29) is 0 Å². The molecule has 1 saturated carbocycles. The lowest BCUT2D eigenvalue weighted by molar-refractivity contribution is 0.234. The number of rotatable bonds is 2. The van der Waals surface area contributed by atoms with Crippen molar-refractivity contribution in [3.63, 3.8) is 0 Å². The van der Waals surface area contributed by atoms with Gasteiger partial charge < -0.3 is 10.2 Å². The number of aromatic nitrogens is 2. The fraction of sp³-hybridized carbons (Fsp3) is 0.692. The van der Waals surface area contributed by atoms with Crippen molar-refractivity contribution in [1.82, 2.24) is 20.2 Å². The molecule has 1 aromatic heterocycles. The Morgan fingerprint density at radius 3 is 3.00 bits per heavy atom. The van der Waals surface area contributed by atoms with E-state index >= 15 is 0 Å². The summed E-state index contributed by atoms with van der Waals surface area (Å²) in [4.78, 5) is 11.5. The minimum absolute atomic E-state index is 0.300. The molecular formula is C13H20N4. The number of piperazine rings is 1. The third-order valence-electron chi connectivity index (χ3n) is 3.91. The molecule has 0 aromatic carbocycles. The van der Waals surface area contributed by atoms with Crippen molar-refractivity contribution in [2.75, 3.05) is 26.7 Å². The van der Waals surface area contributed by atoms with Crippen molar-refractivity contribution in [2.45, 2.75) is 31.2 Å². The Balaban J connectivity index is 1.77. The third kappa shape index (κ3) is 2.33. The molecule has 0 radical (unpaired) electrons. The zero-order valence-electron chi connectivity index (χ0n) is 10.4. The van der Waals surface area contributed by atoms with E-state index in [0.717, 1.165) is 25.5 Å². The monoisotopic (exact) mass is 232 g/mol. The van der Waals surface area contributed by atoms with Crippen LogP contribution in [-0.2, 0) is 0 Å². The molecule has 92 valence electrons. The summed E-state index contributed by atoms with van der Waals surface area (Å²) in [6, 6.07) is 2.38. The first-order chi connectivity index (χ1) is 8.33.